The minimum absolute atomic E-state index is 0.0467. The summed E-state index contributed by atoms with van der Waals surface area (Å²) in [6, 6.07) is 12.1. The molecule has 3 aromatic rings. The van der Waals surface area contributed by atoms with Gasteiger partial charge in [0, 0.05) is 23.9 Å². The van der Waals surface area contributed by atoms with E-state index in [0.29, 0.717) is 54.1 Å². The summed E-state index contributed by atoms with van der Waals surface area (Å²) in [5.74, 6) is -2.15. The third-order valence-corrected chi connectivity index (χ3v) is 10.2. The minimum atomic E-state index is -0.801. The van der Waals surface area contributed by atoms with Gasteiger partial charge >= 0.3 is 4.87 Å². The van der Waals surface area contributed by atoms with Crippen molar-refractivity contribution in [1.29, 1.82) is 0 Å². The average Bonchev–Trinajstić information content (AvgIpc) is 3.41. The van der Waals surface area contributed by atoms with Gasteiger partial charge in [-0.25, -0.2) is 4.90 Å². The molecule has 0 radical (unpaired) electrons. The van der Waals surface area contributed by atoms with Crippen LogP contribution in [0.2, 0.25) is 0 Å². The van der Waals surface area contributed by atoms with Gasteiger partial charge in [0.1, 0.15) is 11.8 Å². The maximum atomic E-state index is 14.0. The summed E-state index contributed by atoms with van der Waals surface area (Å²) in [7, 11) is 0. The highest BCUT2D eigenvalue weighted by molar-refractivity contribution is 8.00. The predicted octanol–water partition coefficient (Wildman–Crippen LogP) is 2.98. The van der Waals surface area contributed by atoms with Crippen LogP contribution in [0.4, 0.5) is 5.69 Å². The molecule has 2 saturated heterocycles. The predicted molar refractivity (Wildman–Crippen MR) is 154 cm³/mol. The molecule has 4 heterocycles. The topological polar surface area (TPSA) is 118 Å². The molecule has 1 N–H and O–H groups in total. The molecule has 3 aliphatic heterocycles. The second kappa shape index (κ2) is 11.0. The Morgan fingerprint density at radius 3 is 2.51 bits per heavy atom. The second-order valence-electron chi connectivity index (χ2n) is 10.2. The van der Waals surface area contributed by atoms with E-state index in [4.69, 9.17) is 9.47 Å². The number of aromatic hydroxyl groups is 1. The molecule has 0 bridgehead atoms. The number of ether oxygens (including phenoxy) is 2. The molecule has 214 valence electrons. The number of phenols is 1. The zero-order valence-electron chi connectivity index (χ0n) is 22.6. The molecule has 3 amide bonds. The fraction of sp³-hybridized carbons (Fsp3) is 0.379. The number of phenolic OH excluding ortho intramolecular Hbond substituents is 1. The largest absolute Gasteiger partial charge is 0.504 e. The van der Waals surface area contributed by atoms with Crippen molar-refractivity contribution < 1.29 is 29.0 Å². The van der Waals surface area contributed by atoms with Crippen molar-refractivity contribution in [3.05, 3.63) is 68.1 Å². The van der Waals surface area contributed by atoms with Crippen LogP contribution < -0.4 is 14.5 Å². The summed E-state index contributed by atoms with van der Waals surface area (Å²) in [5.41, 5.74) is 2.13. The molecule has 3 aliphatic rings. The van der Waals surface area contributed by atoms with Gasteiger partial charge in [-0.05, 0) is 43.7 Å². The summed E-state index contributed by atoms with van der Waals surface area (Å²) >= 11 is 2.17. The maximum Gasteiger partial charge on any atom is 0.308 e. The van der Waals surface area contributed by atoms with Gasteiger partial charge in [0.25, 0.3) is 0 Å². The average molecular weight is 596 g/mol. The van der Waals surface area contributed by atoms with E-state index in [-0.39, 0.29) is 40.6 Å². The van der Waals surface area contributed by atoms with Crippen LogP contribution in [0.15, 0.2) is 52.3 Å². The van der Waals surface area contributed by atoms with Crippen LogP contribution in [0, 0.1) is 12.8 Å². The highest BCUT2D eigenvalue weighted by Gasteiger charge is 2.57. The Balaban J connectivity index is 1.45. The SMILES string of the molecule is CCOc1cc([C@@H]2c3sc(=O)n(CC(=O)N4CCOCC4)c3SC3C(=O)N(c4ccc(C)cc4)C(=O)C32)ccc1O. The molecule has 3 atom stereocenters. The van der Waals surface area contributed by atoms with Gasteiger partial charge in [-0.15, -0.1) is 0 Å². The normalized spacial score (nSPS) is 22.0. The Kier molecular flexibility index (Phi) is 7.39. The Hall–Kier alpha value is -3.61. The molecular formula is C29H29N3O7S2. The molecule has 2 fully saturated rings. The molecule has 10 nitrogen and oxygen atoms in total. The zero-order valence-corrected chi connectivity index (χ0v) is 24.2. The number of imide groups is 1. The third kappa shape index (κ3) is 4.83. The number of carbonyl (C=O) groups excluding carboxylic acids is 3. The van der Waals surface area contributed by atoms with Crippen molar-refractivity contribution in [2.75, 3.05) is 37.8 Å². The van der Waals surface area contributed by atoms with Gasteiger partial charge in [0.05, 0.1) is 36.5 Å². The Morgan fingerprint density at radius 1 is 1.07 bits per heavy atom. The van der Waals surface area contributed by atoms with E-state index in [1.807, 2.05) is 19.1 Å². The fourth-order valence-corrected chi connectivity index (χ4v) is 8.38. The summed E-state index contributed by atoms with van der Waals surface area (Å²) in [5, 5.41) is 10.1. The van der Waals surface area contributed by atoms with Crippen molar-refractivity contribution in [2.24, 2.45) is 5.92 Å². The van der Waals surface area contributed by atoms with E-state index >= 15 is 0 Å². The zero-order chi connectivity index (χ0) is 28.8. The van der Waals surface area contributed by atoms with Gasteiger partial charge in [0.2, 0.25) is 17.7 Å². The molecule has 12 heteroatoms. The van der Waals surface area contributed by atoms with Crippen LogP contribution in [0.1, 0.15) is 28.8 Å². The Labute approximate surface area is 244 Å². The van der Waals surface area contributed by atoms with E-state index in [1.165, 1.54) is 27.3 Å². The number of morpholine rings is 1. The number of anilines is 1. The quantitative estimate of drug-likeness (QED) is 0.433. The number of rotatable bonds is 6. The molecule has 0 saturated carbocycles. The number of thioether (sulfide) groups is 1. The number of carbonyl (C=O) groups is 3. The monoisotopic (exact) mass is 595 g/mol. The summed E-state index contributed by atoms with van der Waals surface area (Å²) in [4.78, 5) is 57.6. The lowest BCUT2D eigenvalue weighted by molar-refractivity contribution is -0.136. The number of amides is 3. The van der Waals surface area contributed by atoms with Gasteiger partial charge in [-0.2, -0.15) is 0 Å². The highest BCUT2D eigenvalue weighted by Crippen LogP contribution is 2.54. The van der Waals surface area contributed by atoms with Crippen molar-refractivity contribution in [3.8, 4) is 11.5 Å². The van der Waals surface area contributed by atoms with Gasteiger partial charge in [-0.1, -0.05) is 46.9 Å². The molecule has 0 spiro atoms. The van der Waals surface area contributed by atoms with Gasteiger partial charge in [0.15, 0.2) is 11.5 Å². The molecule has 6 rings (SSSR count). The second-order valence-corrected chi connectivity index (χ2v) is 12.3. The minimum Gasteiger partial charge on any atom is -0.504 e. The maximum absolute atomic E-state index is 14.0. The molecule has 0 aliphatic carbocycles. The smallest absolute Gasteiger partial charge is 0.308 e. The number of hydrogen-bond acceptors (Lipinski definition) is 9. The summed E-state index contributed by atoms with van der Waals surface area (Å²) in [6.07, 6.45) is 0. The number of fused-ring (bicyclic) bond motifs is 2. The first-order valence-corrected chi connectivity index (χ1v) is 15.1. The van der Waals surface area contributed by atoms with Crippen LogP contribution in [-0.2, 0) is 25.7 Å². The number of nitrogens with zero attached hydrogens (tertiary/aromatic N) is 3. The van der Waals surface area contributed by atoms with Crippen molar-refractivity contribution in [3.63, 3.8) is 0 Å². The fourth-order valence-electron chi connectivity index (χ4n) is 5.61. The van der Waals surface area contributed by atoms with Gasteiger partial charge < -0.3 is 19.5 Å². The lowest BCUT2D eigenvalue weighted by atomic mass is 9.83. The first-order chi connectivity index (χ1) is 19.8. The highest BCUT2D eigenvalue weighted by atomic mass is 32.2. The molecule has 2 unspecified atom stereocenters. The molecule has 1 aromatic heterocycles. The van der Waals surface area contributed by atoms with Crippen LogP contribution in [0.25, 0.3) is 0 Å². The van der Waals surface area contributed by atoms with Crippen LogP contribution >= 0.6 is 23.1 Å². The van der Waals surface area contributed by atoms with Crippen molar-refractivity contribution >= 4 is 46.5 Å². The molecular weight excluding hydrogens is 566 g/mol. The number of benzene rings is 2. The first kappa shape index (κ1) is 27.6. The summed E-state index contributed by atoms with van der Waals surface area (Å²) in [6.45, 7) is 5.67. The van der Waals surface area contributed by atoms with Crippen LogP contribution in [0.3, 0.4) is 0 Å². The molecule has 41 heavy (non-hydrogen) atoms. The Morgan fingerprint density at radius 2 is 1.80 bits per heavy atom. The number of aryl methyl sites for hydroxylation is 1. The van der Waals surface area contributed by atoms with Crippen LogP contribution in [0.5, 0.6) is 11.5 Å². The van der Waals surface area contributed by atoms with Crippen molar-refractivity contribution in [1.82, 2.24) is 9.47 Å². The summed E-state index contributed by atoms with van der Waals surface area (Å²) < 4.78 is 12.4. The Bertz CT molecular complexity index is 1580. The van der Waals surface area contributed by atoms with Crippen molar-refractivity contribution in [2.45, 2.75) is 36.6 Å². The van der Waals surface area contributed by atoms with Gasteiger partial charge in [-0.3, -0.25) is 23.7 Å². The lowest BCUT2D eigenvalue weighted by Crippen LogP contribution is -2.43. The number of thiazole rings is 1. The van der Waals surface area contributed by atoms with E-state index in [0.717, 1.165) is 16.9 Å². The van der Waals surface area contributed by atoms with E-state index in [1.54, 1.807) is 36.1 Å². The van der Waals surface area contributed by atoms with E-state index in [9.17, 15) is 24.3 Å². The number of aromatic nitrogens is 1. The standard InChI is InChI=1S/C29H29N3O7S2/c1-3-39-20-14-17(6-9-19(20)33)22-23-24(27(36)32(26(23)35)18-7-4-16(2)5-8-18)40-28-25(22)41-29(37)31(28)15-21(34)30-10-12-38-13-11-30/h4-9,14,22-24,33H,3,10-13,15H2,1-2H3/t22-,23?,24?/m0/s1. The van der Waals surface area contributed by atoms with E-state index < -0.39 is 17.1 Å². The van der Waals surface area contributed by atoms with E-state index in [2.05, 4.69) is 0 Å². The number of hydrogen-bond donors (Lipinski definition) is 1. The third-order valence-electron chi connectivity index (χ3n) is 7.64. The van der Waals surface area contributed by atoms with Crippen LogP contribution in [-0.4, -0.2) is 70.5 Å². The first-order valence-electron chi connectivity index (χ1n) is 13.4. The molecule has 2 aromatic carbocycles. The lowest BCUT2D eigenvalue weighted by Gasteiger charge is -2.31.